The summed E-state index contributed by atoms with van der Waals surface area (Å²) in [5, 5.41) is 3.03. The van der Waals surface area contributed by atoms with Gasteiger partial charge >= 0.3 is 5.97 Å². The van der Waals surface area contributed by atoms with Crippen LogP contribution in [0.1, 0.15) is 24.6 Å². The van der Waals surface area contributed by atoms with Gasteiger partial charge in [0.1, 0.15) is 11.6 Å². The van der Waals surface area contributed by atoms with E-state index < -0.39 is 0 Å². The van der Waals surface area contributed by atoms with Gasteiger partial charge in [-0.15, -0.1) is 0 Å². The number of hydrogen-bond acceptors (Lipinski definition) is 5. The highest BCUT2D eigenvalue weighted by Gasteiger charge is 2.02. The first-order valence-electron chi connectivity index (χ1n) is 8.21. The van der Waals surface area contributed by atoms with Gasteiger partial charge in [0.2, 0.25) is 0 Å². The molecule has 5 heteroatoms. The molecule has 0 aliphatic carbocycles. The monoisotopic (exact) mass is 340 g/mol. The highest BCUT2D eigenvalue weighted by molar-refractivity contribution is 5.74. The van der Waals surface area contributed by atoms with E-state index in [-0.39, 0.29) is 5.97 Å². The summed E-state index contributed by atoms with van der Waals surface area (Å²) >= 11 is 0. The van der Waals surface area contributed by atoms with Crippen molar-refractivity contribution >= 4 is 17.9 Å². The maximum absolute atomic E-state index is 11.2. The average molecular weight is 340 g/mol. The van der Waals surface area contributed by atoms with Gasteiger partial charge in [0, 0.05) is 19.2 Å². The maximum Gasteiger partial charge on any atom is 0.309 e. The molecule has 0 saturated heterocycles. The van der Waals surface area contributed by atoms with Crippen molar-refractivity contribution in [2.75, 3.05) is 26.1 Å². The second-order valence-electron chi connectivity index (χ2n) is 5.68. The van der Waals surface area contributed by atoms with E-state index in [4.69, 9.17) is 4.74 Å². The lowest BCUT2D eigenvalue weighted by atomic mass is 10.1. The lowest BCUT2D eigenvalue weighted by Crippen LogP contribution is -2.04. The molecule has 1 heterocycles. The highest BCUT2D eigenvalue weighted by atomic mass is 16.5. The summed E-state index contributed by atoms with van der Waals surface area (Å²) in [5.41, 5.74) is 2.97. The number of anilines is 1. The molecule has 1 aromatic heterocycles. The van der Waals surface area contributed by atoms with Crippen molar-refractivity contribution in [3.63, 3.8) is 0 Å². The fourth-order valence-electron chi connectivity index (χ4n) is 2.33. The second kappa shape index (κ2) is 9.47. The van der Waals surface area contributed by atoms with E-state index >= 15 is 0 Å². The molecule has 25 heavy (non-hydrogen) atoms. The van der Waals surface area contributed by atoms with E-state index in [9.17, 15) is 4.79 Å². The van der Waals surface area contributed by atoms with Gasteiger partial charge in [0.15, 0.2) is 0 Å². The van der Waals surface area contributed by atoms with Crippen molar-refractivity contribution in [3.05, 3.63) is 59.3 Å². The smallest absolute Gasteiger partial charge is 0.309 e. The van der Waals surface area contributed by atoms with Gasteiger partial charge in [0.25, 0.3) is 0 Å². The molecule has 0 saturated carbocycles. The molecule has 5 nitrogen and oxygen atoms in total. The van der Waals surface area contributed by atoms with Crippen LogP contribution in [0.3, 0.4) is 0 Å². The summed E-state index contributed by atoms with van der Waals surface area (Å²) in [7, 11) is 3.25. The van der Waals surface area contributed by atoms with Crippen molar-refractivity contribution in [1.82, 2.24) is 4.98 Å². The Bertz CT molecular complexity index is 724. The van der Waals surface area contributed by atoms with Gasteiger partial charge in [-0.05, 0) is 36.8 Å². The molecule has 2 rings (SSSR count). The van der Waals surface area contributed by atoms with E-state index in [2.05, 4.69) is 15.0 Å². The van der Waals surface area contributed by atoms with E-state index in [1.165, 1.54) is 7.11 Å². The molecule has 0 bridgehead atoms. The number of carbonyl (C=O) groups excluding carboxylic acids is 1. The first kappa shape index (κ1) is 18.5. The summed E-state index contributed by atoms with van der Waals surface area (Å²) in [6, 6.07) is 13.7. The molecule has 0 spiro atoms. The molecule has 2 aromatic rings. The molecule has 0 fully saturated rings. The van der Waals surface area contributed by atoms with Crippen molar-refractivity contribution < 1.29 is 14.3 Å². The molecule has 0 unspecified atom stereocenters. The van der Waals surface area contributed by atoms with Gasteiger partial charge < -0.3 is 14.8 Å². The Kier molecular flexibility index (Phi) is 7.01. The Balaban J connectivity index is 1.85. The van der Waals surface area contributed by atoms with E-state index in [0.29, 0.717) is 13.0 Å². The molecule has 1 N–H and O–H groups in total. The van der Waals surface area contributed by atoms with Gasteiger partial charge in [-0.2, -0.15) is 0 Å². The molecule has 0 atom stereocenters. The predicted octanol–water partition coefficient (Wildman–Crippen LogP) is 3.71. The van der Waals surface area contributed by atoms with Gasteiger partial charge in [-0.3, -0.25) is 4.79 Å². The summed E-state index contributed by atoms with van der Waals surface area (Å²) in [5.74, 6) is 1.44. The number of esters is 1. The zero-order valence-electron chi connectivity index (χ0n) is 14.9. The summed E-state index contributed by atoms with van der Waals surface area (Å²) in [6.07, 6.45) is 3.01. The van der Waals surface area contributed by atoms with Crippen LogP contribution in [0.4, 0.5) is 5.82 Å². The van der Waals surface area contributed by atoms with Crippen molar-refractivity contribution in [2.24, 2.45) is 0 Å². The number of pyridine rings is 1. The SMILES string of the molecule is CNc1cccc(CCOc2ccc(/C=C(/C)CC(=O)OC)cc2)n1. The minimum Gasteiger partial charge on any atom is -0.493 e. The van der Waals surface area contributed by atoms with Crippen LogP contribution in [0.5, 0.6) is 5.75 Å². The largest absolute Gasteiger partial charge is 0.493 e. The van der Waals surface area contributed by atoms with Gasteiger partial charge in [-0.25, -0.2) is 4.98 Å². The summed E-state index contributed by atoms with van der Waals surface area (Å²) in [6.45, 7) is 2.48. The number of nitrogens with one attached hydrogen (secondary N) is 1. The van der Waals surface area contributed by atoms with Crippen molar-refractivity contribution in [2.45, 2.75) is 19.8 Å². The predicted molar refractivity (Wildman–Crippen MR) is 99.7 cm³/mol. The van der Waals surface area contributed by atoms with Gasteiger partial charge in [0.05, 0.1) is 20.1 Å². The molecule has 1 aromatic carbocycles. The first-order chi connectivity index (χ1) is 12.1. The third-order valence-electron chi connectivity index (χ3n) is 3.63. The zero-order chi connectivity index (χ0) is 18.1. The van der Waals surface area contributed by atoms with Gasteiger partial charge in [-0.1, -0.05) is 29.8 Å². The number of ether oxygens (including phenoxy) is 2. The Morgan fingerprint density at radius 2 is 1.96 bits per heavy atom. The Hall–Kier alpha value is -2.82. The second-order valence-corrected chi connectivity index (χ2v) is 5.68. The minimum absolute atomic E-state index is 0.232. The first-order valence-corrected chi connectivity index (χ1v) is 8.21. The van der Waals surface area contributed by atoms with E-state index in [1.54, 1.807) is 0 Å². The van der Waals surface area contributed by atoms with Crippen LogP contribution in [0.15, 0.2) is 48.0 Å². The number of nitrogens with zero attached hydrogens (tertiary/aromatic N) is 1. The fraction of sp³-hybridized carbons (Fsp3) is 0.300. The third kappa shape index (κ3) is 6.30. The minimum atomic E-state index is -0.232. The van der Waals surface area contributed by atoms with Crippen LogP contribution in [-0.4, -0.2) is 31.7 Å². The summed E-state index contributed by atoms with van der Waals surface area (Å²) in [4.78, 5) is 15.7. The normalized spacial score (nSPS) is 11.1. The molecule has 0 radical (unpaired) electrons. The van der Waals surface area contributed by atoms with Crippen molar-refractivity contribution in [1.29, 1.82) is 0 Å². The third-order valence-corrected chi connectivity index (χ3v) is 3.63. The topological polar surface area (TPSA) is 60.5 Å². The van der Waals surface area contributed by atoms with Crippen molar-refractivity contribution in [3.8, 4) is 5.75 Å². The van der Waals surface area contributed by atoms with Crippen LogP contribution in [0, 0.1) is 0 Å². The number of benzene rings is 1. The highest BCUT2D eigenvalue weighted by Crippen LogP contribution is 2.16. The lowest BCUT2D eigenvalue weighted by molar-refractivity contribution is -0.139. The van der Waals surface area contributed by atoms with Crippen LogP contribution in [0.2, 0.25) is 0 Å². The number of carbonyl (C=O) groups is 1. The van der Waals surface area contributed by atoms with Crippen LogP contribution in [-0.2, 0) is 16.0 Å². The standard InChI is InChI=1S/C20H24N2O3/c1-15(14-20(23)24-3)13-16-7-9-18(10-8-16)25-12-11-17-5-4-6-19(21-2)22-17/h4-10,13H,11-12,14H2,1-3H3,(H,21,22)/b15-13-. The average Bonchev–Trinajstić information content (AvgIpc) is 2.63. The number of hydrogen-bond donors (Lipinski definition) is 1. The van der Waals surface area contributed by atoms with E-state index in [0.717, 1.165) is 34.8 Å². The molecule has 132 valence electrons. The zero-order valence-corrected chi connectivity index (χ0v) is 14.9. The van der Waals surface area contributed by atoms with Crippen LogP contribution >= 0.6 is 0 Å². The molecular formula is C20H24N2O3. The fourth-order valence-corrected chi connectivity index (χ4v) is 2.33. The number of rotatable bonds is 8. The number of methoxy groups -OCH3 is 1. The Morgan fingerprint density at radius 3 is 2.64 bits per heavy atom. The number of aromatic nitrogens is 1. The molecular weight excluding hydrogens is 316 g/mol. The molecule has 0 aliphatic rings. The maximum atomic E-state index is 11.2. The quantitative estimate of drug-likeness (QED) is 0.742. The van der Waals surface area contributed by atoms with Crippen LogP contribution < -0.4 is 10.1 Å². The Labute approximate surface area is 148 Å². The lowest BCUT2D eigenvalue weighted by Gasteiger charge is -2.07. The van der Waals surface area contributed by atoms with Crippen LogP contribution in [0.25, 0.3) is 6.08 Å². The summed E-state index contributed by atoms with van der Waals surface area (Å²) < 4.78 is 10.4. The Morgan fingerprint density at radius 1 is 1.20 bits per heavy atom. The molecule has 0 amide bonds. The van der Waals surface area contributed by atoms with E-state index in [1.807, 2.05) is 62.5 Å². The molecule has 0 aliphatic heterocycles.